The maximum absolute atomic E-state index is 13.0. The first-order valence-corrected chi connectivity index (χ1v) is 10.2. The van der Waals surface area contributed by atoms with Gasteiger partial charge in [-0.1, -0.05) is 6.07 Å². The Morgan fingerprint density at radius 1 is 0.967 bits per heavy atom. The normalized spacial score (nSPS) is 16.4. The molecule has 1 fully saturated rings. The molecule has 1 saturated heterocycles. The fraction of sp³-hybridized carbons (Fsp3) is 0.292. The molecule has 3 aromatic rings. The number of carbonyl (C=O) groups is 1. The molecule has 0 unspecified atom stereocenters. The van der Waals surface area contributed by atoms with Crippen molar-refractivity contribution in [2.45, 2.75) is 18.4 Å². The quantitative estimate of drug-likeness (QED) is 0.717. The van der Waals surface area contributed by atoms with Gasteiger partial charge in [0.1, 0.15) is 11.5 Å². The average molecular weight is 403 g/mol. The van der Waals surface area contributed by atoms with Crippen LogP contribution in [0.3, 0.4) is 0 Å². The summed E-state index contributed by atoms with van der Waals surface area (Å²) in [6, 6.07) is 17.8. The number of carbonyl (C=O) groups excluding carboxylic acids is 1. The Morgan fingerprint density at radius 2 is 1.73 bits per heavy atom. The van der Waals surface area contributed by atoms with E-state index < -0.39 is 0 Å². The number of ether oxygens (including phenoxy) is 2. The zero-order valence-electron chi connectivity index (χ0n) is 17.2. The number of amides is 1. The second-order valence-corrected chi connectivity index (χ2v) is 7.88. The van der Waals surface area contributed by atoms with Crippen molar-refractivity contribution >= 4 is 11.6 Å². The fourth-order valence-corrected chi connectivity index (χ4v) is 4.67. The lowest BCUT2D eigenvalue weighted by atomic mass is 9.82. The van der Waals surface area contributed by atoms with Gasteiger partial charge in [0.05, 0.1) is 31.1 Å². The van der Waals surface area contributed by atoms with E-state index in [-0.39, 0.29) is 11.4 Å². The van der Waals surface area contributed by atoms with E-state index in [9.17, 15) is 4.79 Å². The highest BCUT2D eigenvalue weighted by Gasteiger charge is 2.42. The first-order chi connectivity index (χ1) is 14.6. The monoisotopic (exact) mass is 403 g/mol. The highest BCUT2D eigenvalue weighted by Crippen LogP contribution is 2.44. The minimum absolute atomic E-state index is 0.0528. The number of benzene rings is 2. The predicted molar refractivity (Wildman–Crippen MR) is 116 cm³/mol. The zero-order valence-corrected chi connectivity index (χ0v) is 17.2. The molecule has 1 spiro atoms. The SMILES string of the molecule is COc1cccc(C(=O)N2CCC3(CC2)Nc2cc(OC)ccc2-n2cccc23)c1. The smallest absolute Gasteiger partial charge is 0.253 e. The van der Waals surface area contributed by atoms with Crippen molar-refractivity contribution in [3.63, 3.8) is 0 Å². The minimum atomic E-state index is -0.200. The zero-order chi connectivity index (χ0) is 20.7. The minimum Gasteiger partial charge on any atom is -0.497 e. The molecule has 0 aliphatic carbocycles. The first-order valence-electron chi connectivity index (χ1n) is 10.2. The van der Waals surface area contributed by atoms with Crippen LogP contribution in [0.4, 0.5) is 5.69 Å². The predicted octanol–water partition coefficient (Wildman–Crippen LogP) is 4.05. The number of fused-ring (bicyclic) bond motifs is 4. The van der Waals surface area contributed by atoms with Crippen LogP contribution >= 0.6 is 0 Å². The van der Waals surface area contributed by atoms with Crippen molar-refractivity contribution < 1.29 is 14.3 Å². The molecule has 0 bridgehead atoms. The molecule has 1 N–H and O–H groups in total. The molecule has 5 rings (SSSR count). The van der Waals surface area contributed by atoms with Crippen molar-refractivity contribution in [1.82, 2.24) is 9.47 Å². The third-order valence-electron chi connectivity index (χ3n) is 6.30. The van der Waals surface area contributed by atoms with E-state index in [4.69, 9.17) is 9.47 Å². The molecule has 2 aromatic carbocycles. The Kier molecular flexibility index (Phi) is 4.42. The van der Waals surface area contributed by atoms with E-state index in [1.54, 1.807) is 20.3 Å². The van der Waals surface area contributed by atoms with Gasteiger partial charge in [0.2, 0.25) is 0 Å². The van der Waals surface area contributed by atoms with Crippen LogP contribution in [0.1, 0.15) is 28.9 Å². The van der Waals surface area contributed by atoms with Gasteiger partial charge in [0, 0.05) is 36.6 Å². The molecular formula is C24H25N3O3. The van der Waals surface area contributed by atoms with E-state index >= 15 is 0 Å². The summed E-state index contributed by atoms with van der Waals surface area (Å²) in [6.07, 6.45) is 3.78. The number of nitrogens with zero attached hydrogens (tertiary/aromatic N) is 2. The lowest BCUT2D eigenvalue weighted by Crippen LogP contribution is -2.51. The molecule has 6 heteroatoms. The van der Waals surface area contributed by atoms with Crippen molar-refractivity contribution in [3.05, 3.63) is 72.1 Å². The molecular weight excluding hydrogens is 378 g/mol. The van der Waals surface area contributed by atoms with E-state index in [0.29, 0.717) is 24.4 Å². The Labute approximate surface area is 176 Å². The molecule has 30 heavy (non-hydrogen) atoms. The van der Waals surface area contributed by atoms with Gasteiger partial charge in [-0.15, -0.1) is 0 Å². The second-order valence-electron chi connectivity index (χ2n) is 7.88. The van der Waals surface area contributed by atoms with Gasteiger partial charge in [0.15, 0.2) is 0 Å². The number of aromatic nitrogens is 1. The van der Waals surface area contributed by atoms with E-state index in [2.05, 4.69) is 34.3 Å². The summed E-state index contributed by atoms with van der Waals surface area (Å²) in [5, 5.41) is 3.79. The standard InChI is InChI=1S/C24H25N3O3/c1-29-18-6-3-5-17(15-18)23(28)26-13-10-24(11-14-26)22-7-4-12-27(22)21-9-8-19(30-2)16-20(21)25-24/h3-9,12,15-16,25H,10-11,13-14H2,1-2H3. The molecule has 2 aliphatic heterocycles. The van der Waals surface area contributed by atoms with Crippen molar-refractivity contribution in [3.8, 4) is 17.2 Å². The van der Waals surface area contributed by atoms with Crippen LogP contribution in [0.2, 0.25) is 0 Å². The molecule has 154 valence electrons. The summed E-state index contributed by atoms with van der Waals surface area (Å²) in [5.41, 5.74) is 3.89. The Bertz CT molecular complexity index is 1100. The van der Waals surface area contributed by atoms with Crippen LogP contribution in [0.5, 0.6) is 11.5 Å². The van der Waals surface area contributed by atoms with Gasteiger partial charge in [-0.2, -0.15) is 0 Å². The van der Waals surface area contributed by atoms with E-state index in [1.807, 2.05) is 35.2 Å². The topological polar surface area (TPSA) is 55.7 Å². The number of nitrogens with one attached hydrogen (secondary N) is 1. The van der Waals surface area contributed by atoms with Gasteiger partial charge in [-0.25, -0.2) is 0 Å². The average Bonchev–Trinajstić information content (AvgIpc) is 3.30. The highest BCUT2D eigenvalue weighted by molar-refractivity contribution is 5.94. The van der Waals surface area contributed by atoms with Gasteiger partial charge >= 0.3 is 0 Å². The largest absolute Gasteiger partial charge is 0.497 e. The van der Waals surface area contributed by atoms with Gasteiger partial charge in [-0.05, 0) is 55.3 Å². The van der Waals surface area contributed by atoms with Gasteiger partial charge in [0.25, 0.3) is 5.91 Å². The summed E-state index contributed by atoms with van der Waals surface area (Å²) in [4.78, 5) is 15.0. The Hall–Kier alpha value is -3.41. The Balaban J connectivity index is 1.40. The molecule has 1 aromatic heterocycles. The lowest BCUT2D eigenvalue weighted by Gasteiger charge is -2.46. The first kappa shape index (κ1) is 18.6. The molecule has 3 heterocycles. The van der Waals surface area contributed by atoms with Crippen LogP contribution in [0, 0.1) is 0 Å². The maximum Gasteiger partial charge on any atom is 0.253 e. The van der Waals surface area contributed by atoms with Crippen molar-refractivity contribution in [2.75, 3.05) is 32.6 Å². The number of likely N-dealkylation sites (tertiary alicyclic amines) is 1. The molecule has 6 nitrogen and oxygen atoms in total. The van der Waals surface area contributed by atoms with Crippen LogP contribution < -0.4 is 14.8 Å². The van der Waals surface area contributed by atoms with Gasteiger partial charge < -0.3 is 24.3 Å². The molecule has 0 radical (unpaired) electrons. The number of piperidine rings is 1. The maximum atomic E-state index is 13.0. The van der Waals surface area contributed by atoms with Crippen LogP contribution in [-0.2, 0) is 5.54 Å². The third kappa shape index (κ3) is 2.91. The number of anilines is 1. The van der Waals surface area contributed by atoms with Crippen LogP contribution in [0.15, 0.2) is 60.8 Å². The number of rotatable bonds is 3. The highest BCUT2D eigenvalue weighted by atomic mass is 16.5. The van der Waals surface area contributed by atoms with Crippen LogP contribution in [0.25, 0.3) is 5.69 Å². The molecule has 1 amide bonds. The number of hydrogen-bond acceptors (Lipinski definition) is 4. The van der Waals surface area contributed by atoms with E-state index in [0.717, 1.165) is 30.0 Å². The van der Waals surface area contributed by atoms with E-state index in [1.165, 1.54) is 5.69 Å². The summed E-state index contributed by atoms with van der Waals surface area (Å²) < 4.78 is 13.0. The second kappa shape index (κ2) is 7.13. The van der Waals surface area contributed by atoms with Crippen molar-refractivity contribution in [2.24, 2.45) is 0 Å². The summed E-state index contributed by atoms with van der Waals surface area (Å²) in [7, 11) is 3.30. The summed E-state index contributed by atoms with van der Waals surface area (Å²) in [6.45, 7) is 1.38. The molecule has 0 atom stereocenters. The molecule has 0 saturated carbocycles. The Morgan fingerprint density at radius 3 is 2.50 bits per heavy atom. The van der Waals surface area contributed by atoms with Crippen molar-refractivity contribution in [1.29, 1.82) is 0 Å². The van der Waals surface area contributed by atoms with Gasteiger partial charge in [-0.3, -0.25) is 4.79 Å². The lowest BCUT2D eigenvalue weighted by molar-refractivity contribution is 0.0676. The van der Waals surface area contributed by atoms with Crippen LogP contribution in [-0.4, -0.2) is 42.7 Å². The number of hydrogen-bond donors (Lipinski definition) is 1. The summed E-state index contributed by atoms with van der Waals surface area (Å²) >= 11 is 0. The summed E-state index contributed by atoms with van der Waals surface area (Å²) in [5.74, 6) is 1.58. The molecule has 2 aliphatic rings. The fourth-order valence-electron chi connectivity index (χ4n) is 4.67. The third-order valence-corrected chi connectivity index (χ3v) is 6.30. The number of methoxy groups -OCH3 is 2.